The Morgan fingerprint density at radius 3 is 2.44 bits per heavy atom. The minimum atomic E-state index is -5.15. The van der Waals surface area contributed by atoms with E-state index < -0.39 is 33.7 Å². The Kier molecular flexibility index (Phi) is 10.2. The Hall–Kier alpha value is -4.23. The van der Waals surface area contributed by atoms with Crippen molar-refractivity contribution in [1.29, 1.82) is 0 Å². The van der Waals surface area contributed by atoms with Gasteiger partial charge in [-0.25, -0.2) is 8.42 Å². The number of nitrogens with two attached hydrogens (primary N) is 1. The van der Waals surface area contributed by atoms with Gasteiger partial charge in [0, 0.05) is 51.0 Å². The first-order valence-electron chi connectivity index (χ1n) is 12.5. The number of amides is 1. The number of para-hydroxylation sites is 1. The van der Waals surface area contributed by atoms with Crippen LogP contribution in [0.25, 0.3) is 6.08 Å². The number of nitrogens with one attached hydrogen (secondary N) is 2. The van der Waals surface area contributed by atoms with Crippen LogP contribution in [0.2, 0.25) is 0 Å². The van der Waals surface area contributed by atoms with Crippen molar-refractivity contribution in [2.75, 3.05) is 50.2 Å². The van der Waals surface area contributed by atoms with Gasteiger partial charge in [-0.2, -0.15) is 0 Å². The lowest BCUT2D eigenvalue weighted by Gasteiger charge is -2.35. The summed E-state index contributed by atoms with van der Waals surface area (Å²) in [5.41, 5.74) is 6.65. The summed E-state index contributed by atoms with van der Waals surface area (Å²) in [6.07, 6.45) is 2.94. The Morgan fingerprint density at radius 1 is 1.12 bits per heavy atom. The zero-order valence-electron chi connectivity index (χ0n) is 22.4. The van der Waals surface area contributed by atoms with E-state index in [4.69, 9.17) is 5.73 Å². The van der Waals surface area contributed by atoms with Gasteiger partial charge in [0.15, 0.2) is 5.75 Å². The van der Waals surface area contributed by atoms with Crippen molar-refractivity contribution in [3.8, 4) is 5.75 Å². The highest BCUT2D eigenvalue weighted by atomic mass is 32.2. The highest BCUT2D eigenvalue weighted by Gasteiger charge is 2.34. The number of nitrogen functional groups attached to an aromatic ring is 1. The zero-order chi connectivity index (χ0) is 30.2. The van der Waals surface area contributed by atoms with Gasteiger partial charge in [0.2, 0.25) is 0 Å². The number of piperazine rings is 1. The summed E-state index contributed by atoms with van der Waals surface area (Å²) >= 11 is 0. The molecule has 220 valence electrons. The Morgan fingerprint density at radius 2 is 1.83 bits per heavy atom. The van der Waals surface area contributed by atoms with E-state index in [2.05, 4.69) is 32.8 Å². The number of benzene rings is 2. The molecular formula is C28H32F3N5O4S. The highest BCUT2D eigenvalue weighted by molar-refractivity contribution is 7.92. The average molecular weight is 592 g/mol. The predicted molar refractivity (Wildman–Crippen MR) is 154 cm³/mol. The van der Waals surface area contributed by atoms with Gasteiger partial charge in [0.1, 0.15) is 4.90 Å². The van der Waals surface area contributed by atoms with Crippen LogP contribution in [0, 0.1) is 0 Å². The van der Waals surface area contributed by atoms with Gasteiger partial charge in [-0.1, -0.05) is 49.6 Å². The van der Waals surface area contributed by atoms with Gasteiger partial charge in [-0.05, 0) is 35.9 Å². The van der Waals surface area contributed by atoms with Gasteiger partial charge in [0.05, 0.1) is 11.4 Å². The van der Waals surface area contributed by atoms with E-state index in [9.17, 15) is 26.4 Å². The fourth-order valence-corrected chi connectivity index (χ4v) is 5.38. The van der Waals surface area contributed by atoms with Crippen molar-refractivity contribution in [3.05, 3.63) is 90.7 Å². The van der Waals surface area contributed by atoms with Gasteiger partial charge < -0.3 is 20.7 Å². The van der Waals surface area contributed by atoms with Crippen LogP contribution in [-0.4, -0.2) is 70.3 Å². The summed E-state index contributed by atoms with van der Waals surface area (Å²) in [4.78, 5) is 16.5. The summed E-state index contributed by atoms with van der Waals surface area (Å²) in [5.74, 6) is -1.38. The lowest BCUT2D eigenvalue weighted by Crippen LogP contribution is -2.49. The first kappa shape index (κ1) is 31.3. The van der Waals surface area contributed by atoms with Gasteiger partial charge >= 0.3 is 6.36 Å². The Bertz CT molecular complexity index is 1450. The third kappa shape index (κ3) is 8.38. The molecule has 0 unspecified atom stereocenters. The molecule has 13 heteroatoms. The fraction of sp³-hybridized carbons (Fsp3) is 0.250. The molecule has 3 rings (SSSR count). The maximum atomic E-state index is 13.3. The number of hydrogen-bond donors (Lipinski definition) is 3. The molecule has 4 N–H and O–H groups in total. The Labute approximate surface area is 237 Å². The molecule has 9 nitrogen and oxygen atoms in total. The number of rotatable bonds is 11. The molecule has 41 heavy (non-hydrogen) atoms. The number of anilines is 2. The second-order valence-electron chi connectivity index (χ2n) is 8.96. The second kappa shape index (κ2) is 13.4. The molecule has 1 saturated heterocycles. The van der Waals surface area contributed by atoms with Crippen LogP contribution >= 0.6 is 0 Å². The summed E-state index contributed by atoms with van der Waals surface area (Å²) in [6, 6.07) is 7.41. The molecule has 0 atom stereocenters. The molecule has 1 fully saturated rings. The number of ether oxygens (including phenoxy) is 1. The standard InChI is InChI=1S/C28H32F3N5O4S/c1-4-6-9-20-10-7-11-25(26(20)32)41(38,39)34-23-13-12-21(18-24(23)40-28(29,30)31)27(37)36-16-14-35(15-17-36)19-22(33-3)8-5-2/h4-13,18,33-34H,1-2,14-17,19,32H2,3H3/b9-6-,22-8-. The van der Waals surface area contributed by atoms with E-state index in [0.717, 1.165) is 17.8 Å². The van der Waals surface area contributed by atoms with E-state index >= 15 is 0 Å². The predicted octanol–water partition coefficient (Wildman–Crippen LogP) is 4.21. The smallest absolute Gasteiger partial charge is 0.404 e. The number of nitrogens with zero attached hydrogens (tertiary/aromatic N) is 2. The Balaban J connectivity index is 1.84. The highest BCUT2D eigenvalue weighted by Crippen LogP contribution is 2.34. The lowest BCUT2D eigenvalue weighted by atomic mass is 10.1. The maximum absolute atomic E-state index is 13.3. The van der Waals surface area contributed by atoms with Crippen molar-refractivity contribution in [1.82, 2.24) is 15.1 Å². The van der Waals surface area contributed by atoms with Gasteiger partial charge in [-0.15, -0.1) is 13.2 Å². The van der Waals surface area contributed by atoms with Crippen LogP contribution in [0.3, 0.4) is 0 Å². The molecular weight excluding hydrogens is 559 g/mol. The number of allylic oxidation sites excluding steroid dienone is 4. The quantitative estimate of drug-likeness (QED) is 0.265. The molecule has 0 spiro atoms. The number of hydrogen-bond acceptors (Lipinski definition) is 7. The summed E-state index contributed by atoms with van der Waals surface area (Å²) in [6.45, 7) is 9.65. The van der Waals surface area contributed by atoms with Crippen LogP contribution in [-0.2, 0) is 10.0 Å². The minimum Gasteiger partial charge on any atom is -0.404 e. The molecule has 0 aliphatic carbocycles. The summed E-state index contributed by atoms with van der Waals surface area (Å²) in [7, 11) is -2.65. The van der Waals surface area contributed by atoms with Crippen LogP contribution in [0.1, 0.15) is 15.9 Å². The van der Waals surface area contributed by atoms with E-state index in [1.807, 2.05) is 6.08 Å². The third-order valence-electron chi connectivity index (χ3n) is 6.19. The van der Waals surface area contributed by atoms with E-state index in [0.29, 0.717) is 38.3 Å². The van der Waals surface area contributed by atoms with Crippen LogP contribution in [0.15, 0.2) is 84.5 Å². The molecule has 0 radical (unpaired) electrons. The first-order valence-corrected chi connectivity index (χ1v) is 14.0. The molecule has 1 aliphatic rings. The monoisotopic (exact) mass is 591 g/mol. The molecule has 1 heterocycles. The van der Waals surface area contributed by atoms with E-state index in [1.54, 1.807) is 25.3 Å². The van der Waals surface area contributed by atoms with E-state index in [-0.39, 0.29) is 16.1 Å². The molecule has 0 bridgehead atoms. The van der Waals surface area contributed by atoms with Gasteiger partial charge in [0.25, 0.3) is 15.9 Å². The first-order chi connectivity index (χ1) is 19.4. The molecule has 1 aliphatic heterocycles. The molecule has 2 aromatic rings. The van der Waals surface area contributed by atoms with E-state index in [1.165, 1.54) is 35.3 Å². The normalized spacial score (nSPS) is 15.0. The topological polar surface area (TPSA) is 117 Å². The van der Waals surface area contributed by atoms with Crippen molar-refractivity contribution in [2.45, 2.75) is 11.3 Å². The van der Waals surface area contributed by atoms with Crippen molar-refractivity contribution < 1.29 is 31.1 Å². The van der Waals surface area contributed by atoms with Crippen molar-refractivity contribution in [3.63, 3.8) is 0 Å². The maximum Gasteiger partial charge on any atom is 0.573 e. The SMILES string of the molecule is C=C/C=C\c1cccc(S(=O)(=O)Nc2ccc(C(=O)N3CCN(C/C(=C/C=C)NC)CC3)cc2OC(F)(F)F)c1N. The average Bonchev–Trinajstić information content (AvgIpc) is 2.92. The largest absolute Gasteiger partial charge is 0.573 e. The molecule has 0 saturated carbocycles. The minimum absolute atomic E-state index is 0.0841. The van der Waals surface area contributed by atoms with Crippen LogP contribution in [0.4, 0.5) is 24.5 Å². The van der Waals surface area contributed by atoms with Gasteiger partial charge in [-0.3, -0.25) is 14.4 Å². The number of sulfonamides is 1. The number of likely N-dealkylation sites (N-methyl/N-ethyl adjacent to an activating group) is 1. The number of carbonyl (C=O) groups is 1. The molecule has 1 amide bonds. The lowest BCUT2D eigenvalue weighted by molar-refractivity contribution is -0.274. The van der Waals surface area contributed by atoms with Crippen molar-refractivity contribution in [2.24, 2.45) is 0 Å². The van der Waals surface area contributed by atoms with Crippen LogP contribution < -0.4 is 20.5 Å². The number of carbonyl (C=O) groups excluding carboxylic acids is 1. The summed E-state index contributed by atoms with van der Waals surface area (Å²) < 4.78 is 72.3. The molecule has 0 aromatic heterocycles. The molecule has 2 aromatic carbocycles. The fourth-order valence-electron chi connectivity index (χ4n) is 4.15. The zero-order valence-corrected chi connectivity index (χ0v) is 23.3. The van der Waals surface area contributed by atoms with Crippen LogP contribution in [0.5, 0.6) is 5.75 Å². The number of halogens is 3. The third-order valence-corrected chi connectivity index (χ3v) is 7.62. The summed E-state index contributed by atoms with van der Waals surface area (Å²) in [5, 5.41) is 3.08. The van der Waals surface area contributed by atoms with Crippen molar-refractivity contribution >= 4 is 33.4 Å². The number of alkyl halides is 3. The second-order valence-corrected chi connectivity index (χ2v) is 10.6.